The summed E-state index contributed by atoms with van der Waals surface area (Å²) in [6.07, 6.45) is 1.55. The Kier molecular flexibility index (Phi) is 7.06. The molecule has 0 aliphatic rings. The first kappa shape index (κ1) is 12.8. The number of hydrogen-bond acceptors (Lipinski definition) is 5. The highest BCUT2D eigenvalue weighted by atomic mass is 127. The van der Waals surface area contributed by atoms with Crippen LogP contribution in [-0.2, 0) is 13.7 Å². The number of allylic oxidation sites excluding steroid dienone is 1. The number of carbonyl (C=O) groups excluding carboxylic acids is 1. The zero-order valence-electron chi connectivity index (χ0n) is 7.30. The first-order valence-corrected chi connectivity index (χ1v) is 6.83. The van der Waals surface area contributed by atoms with Gasteiger partial charge in [0.2, 0.25) is 0 Å². The fourth-order valence-corrected chi connectivity index (χ4v) is 1.40. The van der Waals surface area contributed by atoms with Crippen LogP contribution in [0.3, 0.4) is 0 Å². The molecule has 0 rings (SSSR count). The van der Waals surface area contributed by atoms with E-state index in [1.54, 1.807) is 19.9 Å². The number of esters is 1. The molecule has 1 N–H and O–H groups in total. The largest absolute Gasteiger partial charge is 0.461 e. The summed E-state index contributed by atoms with van der Waals surface area (Å²) in [5.41, 5.74) is -0.256. The summed E-state index contributed by atoms with van der Waals surface area (Å²) in [7, 11) is 1.05. The smallest absolute Gasteiger partial charge is 0.360 e. The Morgan fingerprint density at radius 3 is 2.69 bits per heavy atom. The van der Waals surface area contributed by atoms with Crippen molar-refractivity contribution in [3.8, 4) is 0 Å². The lowest BCUT2D eigenvalue weighted by molar-refractivity contribution is -0.135. The molecule has 0 heterocycles. The van der Waals surface area contributed by atoms with Gasteiger partial charge in [0.1, 0.15) is 9.21 Å². The van der Waals surface area contributed by atoms with Gasteiger partial charge in [-0.2, -0.15) is 0 Å². The van der Waals surface area contributed by atoms with Gasteiger partial charge in [0, 0.05) is 21.2 Å². The highest BCUT2D eigenvalue weighted by molar-refractivity contribution is 14.2. The third-order valence-electron chi connectivity index (χ3n) is 1.11. The normalized spacial score (nSPS) is 10.8. The monoisotopic (exact) mass is 315 g/mol. The van der Waals surface area contributed by atoms with Crippen molar-refractivity contribution < 1.29 is 13.7 Å². The number of halogens is 1. The van der Waals surface area contributed by atoms with Gasteiger partial charge >= 0.3 is 5.97 Å². The van der Waals surface area contributed by atoms with E-state index < -0.39 is 5.97 Å². The maximum atomic E-state index is 11.0. The van der Waals surface area contributed by atoms with E-state index in [4.69, 9.17) is 9.59 Å². The summed E-state index contributed by atoms with van der Waals surface area (Å²) < 4.78 is 9.60. The van der Waals surface area contributed by atoms with E-state index in [1.165, 1.54) is 0 Å². The van der Waals surface area contributed by atoms with Crippen molar-refractivity contribution in [3.05, 3.63) is 11.8 Å². The predicted molar refractivity (Wildman–Crippen MR) is 60.8 cm³/mol. The Bertz CT molecular complexity index is 230. The lowest BCUT2D eigenvalue weighted by Crippen LogP contribution is -2.18. The molecule has 0 fully saturated rings. The maximum absolute atomic E-state index is 11.0. The molecule has 0 saturated carbocycles. The minimum atomic E-state index is -0.666. The van der Waals surface area contributed by atoms with Gasteiger partial charge in [-0.15, -0.1) is 0 Å². The van der Waals surface area contributed by atoms with Gasteiger partial charge in [-0.25, -0.2) is 4.79 Å². The van der Waals surface area contributed by atoms with Crippen LogP contribution in [0.25, 0.3) is 0 Å². The van der Waals surface area contributed by atoms with Gasteiger partial charge < -0.3 is 8.92 Å². The Balaban J connectivity index is 4.30. The third kappa shape index (κ3) is 4.51. The molecule has 0 radical (unpaired) electrons. The molecule has 0 atom stereocenters. The summed E-state index contributed by atoms with van der Waals surface area (Å²) in [4.78, 5) is 11.0. The summed E-state index contributed by atoms with van der Waals surface area (Å²) >= 11 is 1.91. The molecular formula is C7H10INO3S. The van der Waals surface area contributed by atoms with Crippen molar-refractivity contribution in [1.29, 1.82) is 5.41 Å². The lowest BCUT2D eigenvalue weighted by atomic mass is 10.3. The molecule has 0 saturated heterocycles. The van der Waals surface area contributed by atoms with Crippen LogP contribution >= 0.6 is 30.4 Å². The van der Waals surface area contributed by atoms with Crippen molar-refractivity contribution >= 4 is 42.1 Å². The standard InChI is InChI=1S/C7H10INO3S/c1-3-5(12-13-8)6(9)7(10)11-4-2/h3,9H,4H2,1-2H3/b5-3-,9-6?. The van der Waals surface area contributed by atoms with Gasteiger partial charge in [-0.05, 0) is 19.9 Å². The second kappa shape index (κ2) is 7.19. The number of carbonyl (C=O) groups is 1. The fourth-order valence-electron chi connectivity index (χ4n) is 0.572. The van der Waals surface area contributed by atoms with E-state index >= 15 is 0 Å². The predicted octanol–water partition coefficient (Wildman–Crippen LogP) is 2.49. The summed E-state index contributed by atoms with van der Waals surface area (Å²) in [5.74, 6) is -0.445. The van der Waals surface area contributed by atoms with Crippen molar-refractivity contribution in [3.63, 3.8) is 0 Å². The highest BCUT2D eigenvalue weighted by Crippen LogP contribution is 2.18. The highest BCUT2D eigenvalue weighted by Gasteiger charge is 2.16. The van der Waals surface area contributed by atoms with Crippen molar-refractivity contribution in [1.82, 2.24) is 0 Å². The van der Waals surface area contributed by atoms with Gasteiger partial charge in [0.25, 0.3) is 0 Å². The minimum Gasteiger partial charge on any atom is -0.461 e. The molecule has 74 valence electrons. The van der Waals surface area contributed by atoms with Crippen LogP contribution in [0.15, 0.2) is 11.8 Å². The van der Waals surface area contributed by atoms with Crippen molar-refractivity contribution in [2.24, 2.45) is 0 Å². The van der Waals surface area contributed by atoms with Crippen molar-refractivity contribution in [2.75, 3.05) is 6.61 Å². The molecule has 0 aromatic carbocycles. The Labute approximate surface area is 93.4 Å². The van der Waals surface area contributed by atoms with Crippen LogP contribution in [-0.4, -0.2) is 18.3 Å². The van der Waals surface area contributed by atoms with Crippen LogP contribution < -0.4 is 0 Å². The average Bonchev–Trinajstić information content (AvgIpc) is 2.13. The Morgan fingerprint density at radius 2 is 2.31 bits per heavy atom. The third-order valence-corrected chi connectivity index (χ3v) is 1.89. The molecule has 0 spiro atoms. The molecule has 0 aliphatic carbocycles. The van der Waals surface area contributed by atoms with Gasteiger partial charge in [0.05, 0.1) is 6.61 Å². The molecule has 4 nitrogen and oxygen atoms in total. The van der Waals surface area contributed by atoms with Gasteiger partial charge in [-0.1, -0.05) is 0 Å². The molecule has 6 heteroatoms. The first-order chi connectivity index (χ1) is 6.17. The zero-order valence-corrected chi connectivity index (χ0v) is 10.3. The first-order valence-electron chi connectivity index (χ1n) is 3.55. The maximum Gasteiger partial charge on any atom is 0.360 e. The molecule has 0 aromatic rings. The second-order valence-corrected chi connectivity index (χ2v) is 3.27. The van der Waals surface area contributed by atoms with E-state index in [2.05, 4.69) is 4.74 Å². The summed E-state index contributed by atoms with van der Waals surface area (Å²) in [6, 6.07) is 0. The van der Waals surface area contributed by atoms with Crippen LogP contribution in [0.1, 0.15) is 13.8 Å². The molecule has 0 bridgehead atoms. The van der Waals surface area contributed by atoms with Crippen molar-refractivity contribution in [2.45, 2.75) is 13.8 Å². The molecule has 0 aromatic heterocycles. The van der Waals surface area contributed by atoms with Crippen LogP contribution in [0, 0.1) is 5.41 Å². The van der Waals surface area contributed by atoms with E-state index in [9.17, 15) is 4.79 Å². The lowest BCUT2D eigenvalue weighted by Gasteiger charge is -2.05. The molecule has 0 amide bonds. The van der Waals surface area contributed by atoms with E-state index in [1.807, 2.05) is 21.2 Å². The number of nitrogens with one attached hydrogen (secondary N) is 1. The molecule has 0 aliphatic heterocycles. The molecule has 0 unspecified atom stereocenters. The summed E-state index contributed by atoms with van der Waals surface area (Å²) in [5, 5.41) is 7.37. The van der Waals surface area contributed by atoms with E-state index in [0.29, 0.717) is 0 Å². The van der Waals surface area contributed by atoms with E-state index in [-0.39, 0.29) is 18.1 Å². The molecule has 13 heavy (non-hydrogen) atoms. The topological polar surface area (TPSA) is 59.4 Å². The second-order valence-electron chi connectivity index (χ2n) is 1.89. The van der Waals surface area contributed by atoms with Gasteiger partial charge in [0.15, 0.2) is 11.5 Å². The fraction of sp³-hybridized carbons (Fsp3) is 0.429. The average molecular weight is 315 g/mol. The van der Waals surface area contributed by atoms with Gasteiger partial charge in [-0.3, -0.25) is 5.41 Å². The summed E-state index contributed by atoms with van der Waals surface area (Å²) in [6.45, 7) is 3.64. The minimum absolute atomic E-state index is 0.220. The number of rotatable bonds is 5. The molecular weight excluding hydrogens is 305 g/mol. The van der Waals surface area contributed by atoms with Crippen LogP contribution in [0.2, 0.25) is 0 Å². The van der Waals surface area contributed by atoms with Crippen LogP contribution in [0.4, 0.5) is 0 Å². The number of hydrogen-bond donors (Lipinski definition) is 1. The number of ether oxygens (including phenoxy) is 1. The SMILES string of the molecule is C/C=C(\OSI)C(=N)C(=O)OCC. The van der Waals surface area contributed by atoms with Crippen LogP contribution in [0.5, 0.6) is 0 Å². The Hall–Kier alpha value is -0.240. The quantitative estimate of drug-likeness (QED) is 0.278. The zero-order chi connectivity index (χ0) is 10.3. The van der Waals surface area contributed by atoms with E-state index in [0.717, 1.165) is 9.21 Å². The Morgan fingerprint density at radius 1 is 1.69 bits per heavy atom.